The molecule has 0 aliphatic carbocycles. The molecule has 0 amide bonds. The number of nitro groups is 1. The minimum atomic E-state index is -4.12. The Bertz CT molecular complexity index is 803. The lowest BCUT2D eigenvalue weighted by Gasteiger charge is -2.07. The number of hydrogen-bond donors (Lipinski definition) is 1. The molecule has 0 atom stereocenters. The lowest BCUT2D eigenvalue weighted by Crippen LogP contribution is -2.28. The monoisotopic (exact) mass is 328 g/mol. The van der Waals surface area contributed by atoms with Crippen LogP contribution in [0.3, 0.4) is 0 Å². The number of halogens is 1. The first-order valence-corrected chi connectivity index (χ1v) is 7.70. The van der Waals surface area contributed by atoms with Gasteiger partial charge in [-0.2, -0.15) is 0 Å². The summed E-state index contributed by atoms with van der Waals surface area (Å²) in [5.74, 6) is -1.19. The molecule has 1 N–H and O–H groups in total. The van der Waals surface area contributed by atoms with Crippen molar-refractivity contribution in [1.29, 1.82) is 0 Å². The zero-order valence-corrected chi connectivity index (χ0v) is 12.4. The van der Waals surface area contributed by atoms with Gasteiger partial charge in [-0.05, 0) is 28.0 Å². The van der Waals surface area contributed by atoms with Gasteiger partial charge in [-0.1, -0.05) is 18.2 Å². The summed E-state index contributed by atoms with van der Waals surface area (Å²) in [5.41, 5.74) is 0.352. The second-order valence-corrected chi connectivity index (χ2v) is 6.16. The number of nitrogens with one attached hydrogen (secondary N) is 1. The zero-order valence-electron chi connectivity index (χ0n) is 11.6. The van der Waals surface area contributed by atoms with E-state index in [1.165, 1.54) is 25.2 Å². The quantitative estimate of drug-likeness (QED) is 0.628. The van der Waals surface area contributed by atoms with Crippen molar-refractivity contribution in [3.63, 3.8) is 0 Å². The van der Waals surface area contributed by atoms with Crippen molar-refractivity contribution in [1.82, 2.24) is 14.3 Å². The molecule has 0 aliphatic heterocycles. The number of aromatic nitrogens is 2. The van der Waals surface area contributed by atoms with Crippen LogP contribution in [0.15, 0.2) is 35.6 Å². The van der Waals surface area contributed by atoms with Crippen LogP contribution in [-0.2, 0) is 23.5 Å². The highest BCUT2D eigenvalue weighted by atomic mass is 32.2. The summed E-state index contributed by atoms with van der Waals surface area (Å²) in [7, 11) is -2.78. The van der Waals surface area contributed by atoms with E-state index in [0.29, 0.717) is 5.56 Å². The van der Waals surface area contributed by atoms with E-state index in [4.69, 9.17) is 0 Å². The van der Waals surface area contributed by atoms with Crippen LogP contribution < -0.4 is 4.72 Å². The minimum Gasteiger partial charge on any atom is -0.358 e. The highest BCUT2D eigenvalue weighted by molar-refractivity contribution is 7.89. The Kier molecular flexibility index (Phi) is 4.52. The number of benzene rings is 1. The average Bonchev–Trinajstić information content (AvgIpc) is 2.84. The van der Waals surface area contributed by atoms with Crippen molar-refractivity contribution >= 4 is 15.8 Å². The Morgan fingerprint density at radius 2 is 2.09 bits per heavy atom. The summed E-state index contributed by atoms with van der Waals surface area (Å²) >= 11 is 0. The van der Waals surface area contributed by atoms with Crippen molar-refractivity contribution in [3.05, 3.63) is 52.1 Å². The molecular weight excluding hydrogens is 315 g/mol. The maximum Gasteiger partial charge on any atom is 0.402 e. The van der Waals surface area contributed by atoms with E-state index < -0.39 is 31.6 Å². The molecule has 118 valence electrons. The van der Waals surface area contributed by atoms with Gasteiger partial charge in [0, 0.05) is 13.6 Å². The number of imidazole rings is 1. The minimum absolute atomic E-state index is 0.0917. The Morgan fingerprint density at radius 3 is 2.73 bits per heavy atom. The zero-order chi connectivity index (χ0) is 16.3. The number of nitrogens with zero attached hydrogens (tertiary/aromatic N) is 3. The molecule has 2 rings (SSSR count). The van der Waals surface area contributed by atoms with Crippen LogP contribution >= 0.6 is 0 Å². The van der Waals surface area contributed by atoms with Gasteiger partial charge in [0.25, 0.3) is 15.0 Å². The number of sulfonamides is 1. The number of hydrogen-bond acceptors (Lipinski definition) is 5. The molecule has 1 aromatic carbocycles. The Hall–Kier alpha value is -2.33. The topological polar surface area (TPSA) is 107 Å². The molecule has 0 aliphatic rings. The summed E-state index contributed by atoms with van der Waals surface area (Å²) in [4.78, 5) is 13.4. The summed E-state index contributed by atoms with van der Waals surface area (Å²) in [6.07, 6.45) is 1.17. The van der Waals surface area contributed by atoms with Gasteiger partial charge in [-0.3, -0.25) is 4.57 Å². The maximum atomic E-state index is 13.4. The molecule has 0 fully saturated rings. The van der Waals surface area contributed by atoms with Crippen LogP contribution in [-0.4, -0.2) is 29.4 Å². The molecule has 8 nitrogen and oxygen atoms in total. The van der Waals surface area contributed by atoms with Crippen molar-refractivity contribution in [2.45, 2.75) is 11.4 Å². The summed E-state index contributed by atoms with van der Waals surface area (Å²) in [6.45, 7) is -0.0917. The van der Waals surface area contributed by atoms with E-state index in [2.05, 4.69) is 9.71 Å². The lowest BCUT2D eigenvalue weighted by molar-refractivity contribution is -0.392. The molecule has 0 saturated carbocycles. The standard InChI is InChI=1S/C12H13FN4O4S/c1-16-8-14-11(17(18)19)12(16)22(20,21)15-7-6-9-4-2-3-5-10(9)13/h2-5,8,15H,6-7H2,1H3. The van der Waals surface area contributed by atoms with E-state index in [1.807, 2.05) is 0 Å². The van der Waals surface area contributed by atoms with Crippen molar-refractivity contribution in [2.24, 2.45) is 7.05 Å². The van der Waals surface area contributed by atoms with Crippen molar-refractivity contribution in [3.8, 4) is 0 Å². The number of rotatable bonds is 6. The summed E-state index contributed by atoms with van der Waals surface area (Å²) < 4.78 is 41.0. The lowest BCUT2D eigenvalue weighted by atomic mass is 10.1. The molecule has 1 heterocycles. The van der Waals surface area contributed by atoms with E-state index in [9.17, 15) is 22.9 Å². The summed E-state index contributed by atoms with van der Waals surface area (Å²) in [5, 5.41) is 10.3. The fraction of sp³-hybridized carbons (Fsp3) is 0.250. The second kappa shape index (κ2) is 6.20. The SMILES string of the molecule is Cn1cnc([N+](=O)[O-])c1S(=O)(=O)NCCc1ccccc1F. The maximum absolute atomic E-state index is 13.4. The third-order valence-corrected chi connectivity index (χ3v) is 4.50. The van der Waals surface area contributed by atoms with Gasteiger partial charge in [0.2, 0.25) is 6.33 Å². The van der Waals surface area contributed by atoms with Crippen LogP contribution in [0.4, 0.5) is 10.2 Å². The first-order chi connectivity index (χ1) is 10.3. The predicted molar refractivity (Wildman–Crippen MR) is 75.2 cm³/mol. The first-order valence-electron chi connectivity index (χ1n) is 6.21. The van der Waals surface area contributed by atoms with E-state index in [-0.39, 0.29) is 13.0 Å². The van der Waals surface area contributed by atoms with Crippen molar-refractivity contribution < 1.29 is 17.7 Å². The Labute approximate surface area is 125 Å². The second-order valence-electron chi connectivity index (χ2n) is 4.48. The normalized spacial score (nSPS) is 11.5. The molecule has 1 aromatic heterocycles. The predicted octanol–water partition coefficient (Wildman–Crippen LogP) is 0.988. The first kappa shape index (κ1) is 16.0. The average molecular weight is 328 g/mol. The van der Waals surface area contributed by atoms with E-state index >= 15 is 0 Å². The van der Waals surface area contributed by atoms with Crippen LogP contribution in [0.25, 0.3) is 0 Å². The Morgan fingerprint density at radius 1 is 1.41 bits per heavy atom. The third-order valence-electron chi connectivity index (χ3n) is 2.94. The molecule has 2 aromatic rings. The highest BCUT2D eigenvalue weighted by Crippen LogP contribution is 2.20. The van der Waals surface area contributed by atoms with Crippen LogP contribution in [0.5, 0.6) is 0 Å². The van der Waals surface area contributed by atoms with Crippen LogP contribution in [0.2, 0.25) is 0 Å². The van der Waals surface area contributed by atoms with Crippen LogP contribution in [0, 0.1) is 15.9 Å². The van der Waals surface area contributed by atoms with E-state index in [0.717, 1.165) is 10.9 Å². The molecule has 10 heteroatoms. The molecule has 0 radical (unpaired) electrons. The van der Waals surface area contributed by atoms with Gasteiger partial charge < -0.3 is 10.1 Å². The highest BCUT2D eigenvalue weighted by Gasteiger charge is 2.31. The smallest absolute Gasteiger partial charge is 0.358 e. The fourth-order valence-corrected chi connectivity index (χ4v) is 3.23. The molecule has 0 saturated heterocycles. The van der Waals surface area contributed by atoms with Gasteiger partial charge in [0.1, 0.15) is 5.82 Å². The molecule has 0 bridgehead atoms. The largest absolute Gasteiger partial charge is 0.402 e. The Balaban J connectivity index is 2.14. The van der Waals surface area contributed by atoms with Gasteiger partial charge in [-0.15, -0.1) is 0 Å². The molecular formula is C12H13FN4O4S. The van der Waals surface area contributed by atoms with Gasteiger partial charge in [-0.25, -0.2) is 17.5 Å². The number of aryl methyl sites for hydroxylation is 1. The summed E-state index contributed by atoms with van der Waals surface area (Å²) in [6, 6.07) is 5.98. The van der Waals surface area contributed by atoms with Gasteiger partial charge in [0.15, 0.2) is 0 Å². The van der Waals surface area contributed by atoms with Gasteiger partial charge >= 0.3 is 5.82 Å². The van der Waals surface area contributed by atoms with Crippen LogP contribution in [0.1, 0.15) is 5.56 Å². The molecule has 22 heavy (non-hydrogen) atoms. The third kappa shape index (κ3) is 3.28. The molecule has 0 spiro atoms. The van der Waals surface area contributed by atoms with E-state index in [1.54, 1.807) is 6.07 Å². The fourth-order valence-electron chi connectivity index (χ4n) is 1.93. The van der Waals surface area contributed by atoms with Crippen molar-refractivity contribution in [2.75, 3.05) is 6.54 Å². The van der Waals surface area contributed by atoms with Gasteiger partial charge in [0.05, 0.1) is 0 Å². The molecule has 0 unspecified atom stereocenters.